The number of aryl methyl sites for hydroxylation is 2. The second-order valence-electron chi connectivity index (χ2n) is 7.80. The number of benzene rings is 3. The number of carbonyl (C=O) groups is 1. The number of amidine groups is 1. The average molecular weight is 428 g/mol. The molecule has 3 aromatic rings. The smallest absolute Gasteiger partial charge is 0.271 e. The molecule has 0 N–H and O–H groups in total. The van der Waals surface area contributed by atoms with Crippen LogP contribution in [0.4, 0.5) is 17.1 Å². The van der Waals surface area contributed by atoms with Gasteiger partial charge in [-0.3, -0.25) is 9.69 Å². The molecule has 0 aliphatic carbocycles. The normalized spacial score (nSPS) is 16.4. The van der Waals surface area contributed by atoms with Crippen LogP contribution in [0.3, 0.4) is 0 Å². The molecule has 1 aliphatic rings. The van der Waals surface area contributed by atoms with Crippen molar-refractivity contribution >= 4 is 46.0 Å². The Morgan fingerprint density at radius 3 is 2.00 bits per heavy atom. The molecule has 31 heavy (non-hydrogen) atoms. The van der Waals surface area contributed by atoms with E-state index in [4.69, 9.17) is 4.99 Å². The number of hydrogen-bond acceptors (Lipinski definition) is 4. The van der Waals surface area contributed by atoms with Crippen LogP contribution in [-0.4, -0.2) is 25.2 Å². The Morgan fingerprint density at radius 2 is 1.42 bits per heavy atom. The molecule has 3 aromatic carbocycles. The number of anilines is 2. The van der Waals surface area contributed by atoms with E-state index in [2.05, 4.69) is 17.0 Å². The first-order valence-electron chi connectivity index (χ1n) is 10.1. The van der Waals surface area contributed by atoms with Crippen LogP contribution in [0, 0.1) is 13.8 Å². The molecular weight excluding hydrogens is 402 g/mol. The van der Waals surface area contributed by atoms with Crippen LogP contribution in [0.2, 0.25) is 0 Å². The van der Waals surface area contributed by atoms with E-state index in [9.17, 15) is 4.79 Å². The summed E-state index contributed by atoms with van der Waals surface area (Å²) in [6.07, 6.45) is 1.94. The second-order valence-corrected chi connectivity index (χ2v) is 8.81. The number of amides is 1. The Balaban J connectivity index is 1.72. The van der Waals surface area contributed by atoms with Crippen molar-refractivity contribution in [3.8, 4) is 0 Å². The molecule has 0 unspecified atom stereocenters. The van der Waals surface area contributed by atoms with Crippen LogP contribution in [0.15, 0.2) is 82.7 Å². The molecule has 0 atom stereocenters. The van der Waals surface area contributed by atoms with Gasteiger partial charge in [0.1, 0.15) is 0 Å². The predicted octanol–water partition coefficient (Wildman–Crippen LogP) is 6.18. The zero-order chi connectivity index (χ0) is 22.0. The Morgan fingerprint density at radius 1 is 0.839 bits per heavy atom. The van der Waals surface area contributed by atoms with E-state index < -0.39 is 0 Å². The van der Waals surface area contributed by atoms with Gasteiger partial charge in [0.15, 0.2) is 5.17 Å². The highest BCUT2D eigenvalue weighted by molar-refractivity contribution is 8.19. The number of aliphatic imine (C=N–C) groups is 1. The van der Waals surface area contributed by atoms with Crippen LogP contribution in [0.25, 0.3) is 6.08 Å². The minimum absolute atomic E-state index is 0.0589. The van der Waals surface area contributed by atoms with Crippen molar-refractivity contribution < 1.29 is 4.79 Å². The van der Waals surface area contributed by atoms with Crippen LogP contribution in [-0.2, 0) is 4.79 Å². The first kappa shape index (κ1) is 20.9. The quantitative estimate of drug-likeness (QED) is 0.467. The van der Waals surface area contributed by atoms with Crippen molar-refractivity contribution in [3.05, 3.63) is 94.4 Å². The molecule has 0 bridgehead atoms. The minimum atomic E-state index is -0.0589. The van der Waals surface area contributed by atoms with Crippen molar-refractivity contribution in [2.24, 2.45) is 4.99 Å². The van der Waals surface area contributed by atoms with Gasteiger partial charge in [-0.1, -0.05) is 47.5 Å². The summed E-state index contributed by atoms with van der Waals surface area (Å²) in [5, 5.41) is 0.661. The Kier molecular flexibility index (Phi) is 5.96. The maximum atomic E-state index is 13.4. The molecule has 1 fully saturated rings. The summed E-state index contributed by atoms with van der Waals surface area (Å²) in [6, 6.07) is 24.1. The van der Waals surface area contributed by atoms with Gasteiger partial charge in [0.25, 0.3) is 5.91 Å². The molecule has 5 heteroatoms. The second kappa shape index (κ2) is 8.82. The van der Waals surface area contributed by atoms with Crippen molar-refractivity contribution in [2.45, 2.75) is 13.8 Å². The lowest BCUT2D eigenvalue weighted by atomic mass is 10.1. The van der Waals surface area contributed by atoms with Gasteiger partial charge in [-0.25, -0.2) is 4.99 Å². The lowest BCUT2D eigenvalue weighted by Crippen LogP contribution is -2.28. The van der Waals surface area contributed by atoms with Gasteiger partial charge in [0.05, 0.1) is 16.3 Å². The highest BCUT2D eigenvalue weighted by Crippen LogP contribution is 2.37. The van der Waals surface area contributed by atoms with E-state index in [1.807, 2.05) is 94.7 Å². The fraction of sp³-hybridized carbons (Fsp3) is 0.154. The van der Waals surface area contributed by atoms with Crippen LogP contribution in [0.1, 0.15) is 16.7 Å². The Hall–Kier alpha value is -3.31. The number of thioether (sulfide) groups is 1. The zero-order valence-corrected chi connectivity index (χ0v) is 19.0. The summed E-state index contributed by atoms with van der Waals surface area (Å²) < 4.78 is 0. The minimum Gasteiger partial charge on any atom is -0.378 e. The van der Waals surface area contributed by atoms with Gasteiger partial charge < -0.3 is 4.90 Å². The molecule has 0 saturated carbocycles. The Labute approximate surface area is 187 Å². The predicted molar refractivity (Wildman–Crippen MR) is 133 cm³/mol. The molecule has 156 valence electrons. The zero-order valence-electron chi connectivity index (χ0n) is 18.2. The van der Waals surface area contributed by atoms with Gasteiger partial charge in [0, 0.05) is 19.8 Å². The first-order chi connectivity index (χ1) is 14.9. The van der Waals surface area contributed by atoms with Gasteiger partial charge in [-0.05, 0) is 73.6 Å². The third kappa shape index (κ3) is 4.72. The SMILES string of the molecule is Cc1ccc(N=C2SC(=Cc3ccc(N(C)C)cc3)C(=O)N2c2ccc(C)cc2)cc1. The Bertz CT molecular complexity index is 1140. The fourth-order valence-electron chi connectivity index (χ4n) is 3.22. The summed E-state index contributed by atoms with van der Waals surface area (Å²) in [5.41, 5.74) is 6.08. The summed E-state index contributed by atoms with van der Waals surface area (Å²) in [6.45, 7) is 4.08. The summed E-state index contributed by atoms with van der Waals surface area (Å²) in [7, 11) is 4.02. The van der Waals surface area contributed by atoms with E-state index in [0.29, 0.717) is 10.1 Å². The number of hydrogen-bond donors (Lipinski definition) is 0. The summed E-state index contributed by atoms with van der Waals surface area (Å²) in [5.74, 6) is -0.0589. The molecule has 4 rings (SSSR count). The van der Waals surface area contributed by atoms with E-state index in [0.717, 1.165) is 28.2 Å². The van der Waals surface area contributed by atoms with Crippen LogP contribution < -0.4 is 9.80 Å². The van der Waals surface area contributed by atoms with E-state index >= 15 is 0 Å². The largest absolute Gasteiger partial charge is 0.378 e. The third-order valence-electron chi connectivity index (χ3n) is 5.06. The summed E-state index contributed by atoms with van der Waals surface area (Å²) >= 11 is 1.41. The molecule has 4 nitrogen and oxygen atoms in total. The number of carbonyl (C=O) groups excluding carboxylic acids is 1. The topological polar surface area (TPSA) is 35.9 Å². The van der Waals surface area contributed by atoms with E-state index in [1.165, 1.54) is 17.3 Å². The molecule has 1 saturated heterocycles. The molecule has 1 amide bonds. The standard InChI is InChI=1S/C26H25N3OS/c1-18-5-11-21(12-6-18)27-26-29(23-13-7-19(2)8-14-23)25(30)24(31-26)17-20-9-15-22(16-10-20)28(3)4/h5-17H,1-4H3. The monoisotopic (exact) mass is 427 g/mol. The van der Waals surface area contributed by atoms with Gasteiger partial charge >= 0.3 is 0 Å². The highest BCUT2D eigenvalue weighted by atomic mass is 32.2. The molecule has 0 spiro atoms. The van der Waals surface area contributed by atoms with Gasteiger partial charge in [0.2, 0.25) is 0 Å². The van der Waals surface area contributed by atoms with Crippen LogP contribution in [0.5, 0.6) is 0 Å². The lowest BCUT2D eigenvalue weighted by Gasteiger charge is -2.16. The molecule has 1 aliphatic heterocycles. The van der Waals surface area contributed by atoms with Gasteiger partial charge in [-0.15, -0.1) is 0 Å². The van der Waals surface area contributed by atoms with E-state index in [1.54, 1.807) is 4.90 Å². The van der Waals surface area contributed by atoms with Crippen molar-refractivity contribution in [3.63, 3.8) is 0 Å². The van der Waals surface area contributed by atoms with Crippen molar-refractivity contribution in [1.82, 2.24) is 0 Å². The maximum absolute atomic E-state index is 13.4. The third-order valence-corrected chi connectivity index (χ3v) is 6.03. The summed E-state index contributed by atoms with van der Waals surface area (Å²) in [4.78, 5) is 22.6. The fourth-order valence-corrected chi connectivity index (χ4v) is 4.22. The van der Waals surface area contributed by atoms with Crippen LogP contribution >= 0.6 is 11.8 Å². The molecule has 0 radical (unpaired) electrons. The molecule has 1 heterocycles. The number of nitrogens with zero attached hydrogens (tertiary/aromatic N) is 3. The molecule has 0 aromatic heterocycles. The van der Waals surface area contributed by atoms with E-state index in [-0.39, 0.29) is 5.91 Å². The van der Waals surface area contributed by atoms with Gasteiger partial charge in [-0.2, -0.15) is 0 Å². The number of rotatable bonds is 4. The highest BCUT2D eigenvalue weighted by Gasteiger charge is 2.34. The molecular formula is C26H25N3OS. The van der Waals surface area contributed by atoms with Crippen molar-refractivity contribution in [1.29, 1.82) is 0 Å². The maximum Gasteiger partial charge on any atom is 0.271 e. The van der Waals surface area contributed by atoms with Crippen molar-refractivity contribution in [2.75, 3.05) is 23.9 Å². The lowest BCUT2D eigenvalue weighted by molar-refractivity contribution is -0.113. The first-order valence-corrected chi connectivity index (χ1v) is 11.0. The average Bonchev–Trinajstić information content (AvgIpc) is 3.05.